The van der Waals surface area contributed by atoms with E-state index in [0.29, 0.717) is 12.8 Å². The van der Waals surface area contributed by atoms with Gasteiger partial charge in [-0.1, -0.05) is 0 Å². The average Bonchev–Trinajstić information content (AvgIpc) is 2.37. The average molecular weight is 304 g/mol. The topological polar surface area (TPSA) is 89.3 Å². The van der Waals surface area contributed by atoms with Crippen molar-refractivity contribution < 1.29 is 22.0 Å². The van der Waals surface area contributed by atoms with Crippen LogP contribution in [-0.2, 0) is 9.84 Å². The van der Waals surface area contributed by atoms with Crippen molar-refractivity contribution in [2.45, 2.75) is 18.9 Å². The maximum absolute atomic E-state index is 13.3. The molecule has 1 aliphatic heterocycles. The maximum atomic E-state index is 13.3. The predicted molar refractivity (Wildman–Crippen MR) is 69.9 cm³/mol. The second-order valence-electron chi connectivity index (χ2n) is 4.75. The number of halogens is 2. The van der Waals surface area contributed by atoms with Crippen molar-refractivity contribution in [2.75, 3.05) is 17.2 Å². The van der Waals surface area contributed by atoms with Crippen LogP contribution in [0.25, 0.3) is 0 Å². The second-order valence-corrected chi connectivity index (χ2v) is 7.06. The van der Waals surface area contributed by atoms with Gasteiger partial charge in [-0.15, -0.1) is 0 Å². The van der Waals surface area contributed by atoms with E-state index in [1.165, 1.54) is 0 Å². The lowest BCUT2D eigenvalue weighted by Gasteiger charge is -2.23. The molecule has 0 bridgehead atoms. The largest absolute Gasteiger partial charge is 0.394 e. The number of hydrogen-bond acceptors (Lipinski definition) is 4. The van der Waals surface area contributed by atoms with Gasteiger partial charge >= 0.3 is 0 Å². The van der Waals surface area contributed by atoms with Crippen LogP contribution in [0.3, 0.4) is 0 Å². The lowest BCUT2D eigenvalue weighted by Crippen LogP contribution is -2.40. The molecule has 2 rings (SSSR count). The van der Waals surface area contributed by atoms with E-state index in [1.54, 1.807) is 0 Å². The summed E-state index contributed by atoms with van der Waals surface area (Å²) >= 11 is 0. The zero-order valence-electron chi connectivity index (χ0n) is 10.5. The number of benzene rings is 1. The highest BCUT2D eigenvalue weighted by atomic mass is 32.2. The third-order valence-electron chi connectivity index (χ3n) is 3.23. The summed E-state index contributed by atoms with van der Waals surface area (Å²) < 4.78 is 49.0. The number of sulfone groups is 1. The Labute approximate surface area is 115 Å². The van der Waals surface area contributed by atoms with E-state index in [-0.39, 0.29) is 23.1 Å². The van der Waals surface area contributed by atoms with Crippen molar-refractivity contribution in [3.8, 4) is 0 Å². The van der Waals surface area contributed by atoms with Crippen LogP contribution in [0.15, 0.2) is 12.1 Å². The first-order valence-electron chi connectivity index (χ1n) is 6.04. The highest BCUT2D eigenvalue weighted by molar-refractivity contribution is 7.91. The van der Waals surface area contributed by atoms with Gasteiger partial charge in [0.25, 0.3) is 5.91 Å². The van der Waals surface area contributed by atoms with Crippen molar-refractivity contribution in [1.82, 2.24) is 5.32 Å². The molecule has 8 heteroatoms. The molecule has 1 aromatic rings. The lowest BCUT2D eigenvalue weighted by molar-refractivity contribution is 0.0933. The van der Waals surface area contributed by atoms with Crippen molar-refractivity contribution in [3.05, 3.63) is 29.3 Å². The summed E-state index contributed by atoms with van der Waals surface area (Å²) in [5.74, 6) is -2.64. The Morgan fingerprint density at radius 1 is 1.20 bits per heavy atom. The molecule has 1 saturated heterocycles. The summed E-state index contributed by atoms with van der Waals surface area (Å²) in [7, 11) is -3.02. The van der Waals surface area contributed by atoms with Gasteiger partial charge in [-0.3, -0.25) is 4.79 Å². The van der Waals surface area contributed by atoms with Gasteiger partial charge in [0.15, 0.2) is 0 Å². The third kappa shape index (κ3) is 3.24. The molecule has 1 heterocycles. The summed E-state index contributed by atoms with van der Waals surface area (Å²) in [6, 6.07) is 1.40. The number of carbonyl (C=O) groups excluding carboxylic acids is 1. The molecular weight excluding hydrogens is 290 g/mol. The Balaban J connectivity index is 2.06. The van der Waals surface area contributed by atoms with Gasteiger partial charge in [-0.2, -0.15) is 0 Å². The fourth-order valence-electron chi connectivity index (χ4n) is 2.02. The van der Waals surface area contributed by atoms with Gasteiger partial charge in [-0.05, 0) is 25.0 Å². The minimum Gasteiger partial charge on any atom is -0.394 e. The molecule has 0 spiro atoms. The number of nitrogens with one attached hydrogen (secondary N) is 1. The first-order chi connectivity index (χ1) is 9.28. The molecule has 0 atom stereocenters. The number of hydrogen-bond donors (Lipinski definition) is 2. The third-order valence-corrected chi connectivity index (χ3v) is 4.95. The van der Waals surface area contributed by atoms with Gasteiger partial charge in [0.1, 0.15) is 27.2 Å². The van der Waals surface area contributed by atoms with Crippen molar-refractivity contribution in [1.29, 1.82) is 0 Å². The molecule has 0 aliphatic carbocycles. The van der Waals surface area contributed by atoms with Crippen LogP contribution < -0.4 is 11.1 Å². The van der Waals surface area contributed by atoms with Crippen molar-refractivity contribution >= 4 is 21.4 Å². The van der Waals surface area contributed by atoms with E-state index in [9.17, 15) is 22.0 Å². The maximum Gasteiger partial charge on any atom is 0.251 e. The van der Waals surface area contributed by atoms with Gasteiger partial charge in [-0.25, -0.2) is 17.2 Å². The van der Waals surface area contributed by atoms with Crippen LogP contribution in [-0.4, -0.2) is 31.9 Å². The molecule has 1 aromatic carbocycles. The molecule has 0 saturated carbocycles. The molecule has 0 aromatic heterocycles. The zero-order valence-corrected chi connectivity index (χ0v) is 11.3. The number of rotatable bonds is 2. The normalized spacial score (nSPS) is 18.7. The highest BCUT2D eigenvalue weighted by Gasteiger charge is 2.25. The molecule has 110 valence electrons. The molecular formula is C12H14F2N2O3S. The van der Waals surface area contributed by atoms with E-state index in [4.69, 9.17) is 5.73 Å². The monoisotopic (exact) mass is 304 g/mol. The summed E-state index contributed by atoms with van der Waals surface area (Å²) in [6.07, 6.45) is 0.599. The van der Waals surface area contributed by atoms with E-state index < -0.39 is 33.1 Å². The number of nitrogens with two attached hydrogens (primary N) is 1. The van der Waals surface area contributed by atoms with Gasteiger partial charge in [0.2, 0.25) is 0 Å². The first kappa shape index (κ1) is 14.7. The van der Waals surface area contributed by atoms with Gasteiger partial charge < -0.3 is 11.1 Å². The van der Waals surface area contributed by atoms with Gasteiger partial charge in [0.05, 0.1) is 11.5 Å². The van der Waals surface area contributed by atoms with E-state index in [0.717, 1.165) is 12.1 Å². The summed E-state index contributed by atoms with van der Waals surface area (Å²) in [4.78, 5) is 11.9. The Morgan fingerprint density at radius 2 is 1.70 bits per heavy atom. The van der Waals surface area contributed by atoms with Crippen LogP contribution in [0.4, 0.5) is 14.5 Å². The van der Waals surface area contributed by atoms with Crippen LogP contribution in [0.2, 0.25) is 0 Å². The Kier molecular flexibility index (Phi) is 3.94. The van der Waals surface area contributed by atoms with Crippen LogP contribution in [0, 0.1) is 11.6 Å². The fraction of sp³-hybridized carbons (Fsp3) is 0.417. The van der Waals surface area contributed by atoms with Crippen LogP contribution >= 0.6 is 0 Å². The predicted octanol–water partition coefficient (Wildman–Crippen LogP) is 0.854. The second kappa shape index (κ2) is 5.35. The number of nitrogen functional groups attached to an aromatic ring is 1. The SMILES string of the molecule is Nc1c(F)cc(C(=O)NC2CCS(=O)(=O)CC2)cc1F. The highest BCUT2D eigenvalue weighted by Crippen LogP contribution is 2.18. The van der Waals surface area contributed by atoms with Crippen LogP contribution in [0.5, 0.6) is 0 Å². The van der Waals surface area contributed by atoms with Crippen molar-refractivity contribution in [2.24, 2.45) is 0 Å². The Morgan fingerprint density at radius 3 is 2.20 bits per heavy atom. The zero-order chi connectivity index (χ0) is 14.9. The first-order valence-corrected chi connectivity index (χ1v) is 7.86. The quantitative estimate of drug-likeness (QED) is 0.793. The number of carbonyl (C=O) groups is 1. The molecule has 1 fully saturated rings. The fourth-order valence-corrected chi connectivity index (χ4v) is 3.51. The van der Waals surface area contributed by atoms with Crippen molar-refractivity contribution in [3.63, 3.8) is 0 Å². The van der Waals surface area contributed by atoms with Gasteiger partial charge in [0, 0.05) is 11.6 Å². The summed E-state index contributed by atoms with van der Waals surface area (Å²) in [5.41, 5.74) is 4.30. The Hall–Kier alpha value is -1.70. The minimum atomic E-state index is -3.02. The summed E-state index contributed by atoms with van der Waals surface area (Å²) in [6.45, 7) is 0. The minimum absolute atomic E-state index is 0.00239. The van der Waals surface area contributed by atoms with E-state index >= 15 is 0 Å². The lowest BCUT2D eigenvalue weighted by atomic mass is 10.1. The van der Waals surface area contributed by atoms with E-state index in [1.807, 2.05) is 0 Å². The molecule has 5 nitrogen and oxygen atoms in total. The number of anilines is 1. The molecule has 3 N–H and O–H groups in total. The van der Waals surface area contributed by atoms with Crippen LogP contribution in [0.1, 0.15) is 23.2 Å². The number of amides is 1. The molecule has 1 aliphatic rings. The molecule has 20 heavy (non-hydrogen) atoms. The standard InChI is InChI=1S/C12H14F2N2O3S/c13-9-5-7(6-10(14)11(9)15)12(17)16-8-1-3-20(18,19)4-2-8/h5-6,8H,1-4,15H2,(H,16,17). The van der Waals surface area contributed by atoms with E-state index in [2.05, 4.69) is 5.32 Å². The smallest absolute Gasteiger partial charge is 0.251 e. The molecule has 0 radical (unpaired) electrons. The molecule has 1 amide bonds. The molecule has 0 unspecified atom stereocenters. The summed E-state index contributed by atoms with van der Waals surface area (Å²) in [5, 5.41) is 2.57. The Bertz CT molecular complexity index is 609.